The number of hydrogen-bond acceptors (Lipinski definition) is 5. The largest absolute Gasteiger partial charge is 0.469 e. The Labute approximate surface area is 203 Å². The van der Waals surface area contributed by atoms with Crippen LogP contribution in [0.4, 0.5) is 0 Å². The summed E-state index contributed by atoms with van der Waals surface area (Å²) in [7, 11) is 1.46. The van der Waals surface area contributed by atoms with E-state index in [1.807, 2.05) is 4.90 Å². The van der Waals surface area contributed by atoms with E-state index < -0.39 is 0 Å². The number of carbonyl (C=O) groups excluding carboxylic acids is 2. The molecule has 194 valence electrons. The third kappa shape index (κ3) is 16.2. The van der Waals surface area contributed by atoms with Crippen LogP contribution in [-0.4, -0.2) is 49.7 Å². The fourth-order valence-electron chi connectivity index (χ4n) is 4.52. The smallest absolute Gasteiger partial charge is 0.305 e. The molecule has 33 heavy (non-hydrogen) atoms. The summed E-state index contributed by atoms with van der Waals surface area (Å²) in [4.78, 5) is 36.0. The SMILES string of the molecule is CCCOOCC1CCCN1C(=O)CCCCCCCCCCCCCCCCC(=O)OC. The van der Waals surface area contributed by atoms with Gasteiger partial charge in [0.2, 0.25) is 5.91 Å². The van der Waals surface area contributed by atoms with Gasteiger partial charge in [0.1, 0.15) is 6.61 Å². The summed E-state index contributed by atoms with van der Waals surface area (Å²) < 4.78 is 4.66. The van der Waals surface area contributed by atoms with Gasteiger partial charge in [0.05, 0.1) is 19.8 Å². The van der Waals surface area contributed by atoms with Crippen LogP contribution in [0.25, 0.3) is 0 Å². The molecule has 1 aliphatic heterocycles. The second kappa shape index (κ2) is 21.4. The van der Waals surface area contributed by atoms with Crippen LogP contribution in [0.2, 0.25) is 0 Å². The summed E-state index contributed by atoms with van der Waals surface area (Å²) in [5, 5.41) is 0. The second-order valence-corrected chi connectivity index (χ2v) is 9.52. The molecule has 1 atom stereocenters. The fourth-order valence-corrected chi connectivity index (χ4v) is 4.52. The number of carbonyl (C=O) groups is 2. The third-order valence-electron chi connectivity index (χ3n) is 6.58. The molecule has 0 aromatic rings. The highest BCUT2D eigenvalue weighted by molar-refractivity contribution is 5.76. The molecule has 1 aliphatic rings. The number of esters is 1. The van der Waals surface area contributed by atoms with E-state index in [0.717, 1.165) is 51.5 Å². The summed E-state index contributed by atoms with van der Waals surface area (Å²) in [6.45, 7) is 4.04. The predicted molar refractivity (Wildman–Crippen MR) is 133 cm³/mol. The van der Waals surface area contributed by atoms with Crippen LogP contribution in [0.1, 0.15) is 129 Å². The number of unbranched alkanes of at least 4 members (excludes halogenated alkanes) is 13. The molecule has 0 spiro atoms. The van der Waals surface area contributed by atoms with E-state index in [4.69, 9.17) is 9.78 Å². The summed E-state index contributed by atoms with van der Waals surface area (Å²) in [5.74, 6) is 0.207. The number of methoxy groups -OCH3 is 1. The summed E-state index contributed by atoms with van der Waals surface area (Å²) >= 11 is 0. The number of ether oxygens (including phenoxy) is 1. The van der Waals surface area contributed by atoms with Crippen LogP contribution in [0.3, 0.4) is 0 Å². The van der Waals surface area contributed by atoms with Gasteiger partial charge in [0, 0.05) is 19.4 Å². The van der Waals surface area contributed by atoms with Crippen molar-refractivity contribution in [3.63, 3.8) is 0 Å². The highest BCUT2D eigenvalue weighted by atomic mass is 17.2. The maximum absolute atomic E-state index is 12.5. The average Bonchev–Trinajstić information content (AvgIpc) is 3.30. The van der Waals surface area contributed by atoms with E-state index in [1.54, 1.807) is 0 Å². The monoisotopic (exact) mass is 469 g/mol. The molecule has 0 aliphatic carbocycles. The summed E-state index contributed by atoms with van der Waals surface area (Å²) in [5.41, 5.74) is 0. The van der Waals surface area contributed by atoms with Gasteiger partial charge in [0.15, 0.2) is 0 Å². The molecule has 1 rings (SSSR count). The van der Waals surface area contributed by atoms with Crippen LogP contribution in [0.15, 0.2) is 0 Å². The summed E-state index contributed by atoms with van der Waals surface area (Å²) in [6, 6.07) is 0.195. The van der Waals surface area contributed by atoms with Crippen molar-refractivity contribution in [3.8, 4) is 0 Å². The number of amides is 1. The Morgan fingerprint density at radius 3 is 1.79 bits per heavy atom. The zero-order chi connectivity index (χ0) is 24.0. The number of rotatable bonds is 22. The molecule has 1 fully saturated rings. The van der Waals surface area contributed by atoms with Gasteiger partial charge < -0.3 is 9.64 Å². The molecule has 1 heterocycles. The van der Waals surface area contributed by atoms with Crippen LogP contribution in [-0.2, 0) is 24.1 Å². The summed E-state index contributed by atoms with van der Waals surface area (Å²) in [6.07, 6.45) is 21.6. The van der Waals surface area contributed by atoms with Crippen LogP contribution < -0.4 is 0 Å². The zero-order valence-corrected chi connectivity index (χ0v) is 21.6. The Bertz CT molecular complexity index is 485. The van der Waals surface area contributed by atoms with Crippen molar-refractivity contribution >= 4 is 11.9 Å². The Hall–Kier alpha value is -1.14. The van der Waals surface area contributed by atoms with Crippen molar-refractivity contribution in [1.82, 2.24) is 4.90 Å². The molecule has 0 bridgehead atoms. The normalized spacial score (nSPS) is 15.8. The molecular formula is C27H51NO5. The predicted octanol–water partition coefficient (Wildman–Crippen LogP) is 6.75. The number of nitrogens with zero attached hydrogens (tertiary/aromatic N) is 1. The van der Waals surface area contributed by atoms with E-state index in [0.29, 0.717) is 32.0 Å². The van der Waals surface area contributed by atoms with Gasteiger partial charge in [-0.2, -0.15) is 0 Å². The molecular weight excluding hydrogens is 418 g/mol. The lowest BCUT2D eigenvalue weighted by Crippen LogP contribution is -2.38. The van der Waals surface area contributed by atoms with E-state index in [1.165, 1.54) is 71.3 Å². The first-order chi connectivity index (χ1) is 16.2. The van der Waals surface area contributed by atoms with Gasteiger partial charge >= 0.3 is 5.97 Å². The fraction of sp³-hybridized carbons (Fsp3) is 0.926. The lowest BCUT2D eigenvalue weighted by molar-refractivity contribution is -0.299. The van der Waals surface area contributed by atoms with Crippen molar-refractivity contribution in [3.05, 3.63) is 0 Å². The van der Waals surface area contributed by atoms with E-state index >= 15 is 0 Å². The maximum Gasteiger partial charge on any atom is 0.305 e. The third-order valence-corrected chi connectivity index (χ3v) is 6.58. The minimum atomic E-state index is -0.0846. The molecule has 6 heteroatoms. The standard InChI is InChI=1S/C27H51NO5/c1-3-23-32-33-24-25-19-18-22-28(25)26(29)20-16-14-12-10-8-6-4-5-7-9-11-13-15-17-21-27(30)31-2/h25H,3-24H2,1-2H3. The minimum absolute atomic E-state index is 0.0846. The van der Waals surface area contributed by atoms with Crippen molar-refractivity contribution in [1.29, 1.82) is 0 Å². The maximum atomic E-state index is 12.5. The molecule has 0 N–H and O–H groups in total. The average molecular weight is 470 g/mol. The van der Waals surface area contributed by atoms with Crippen molar-refractivity contribution in [2.45, 2.75) is 135 Å². The Morgan fingerprint density at radius 1 is 0.758 bits per heavy atom. The van der Waals surface area contributed by atoms with Gasteiger partial charge in [-0.3, -0.25) is 9.59 Å². The highest BCUT2D eigenvalue weighted by Gasteiger charge is 2.28. The quantitative estimate of drug-likeness (QED) is 0.0759. The molecule has 0 aromatic carbocycles. The Morgan fingerprint density at radius 2 is 1.27 bits per heavy atom. The van der Waals surface area contributed by atoms with Crippen LogP contribution in [0, 0.1) is 0 Å². The number of hydrogen-bond donors (Lipinski definition) is 0. The number of likely N-dealkylation sites (tertiary alicyclic amines) is 1. The van der Waals surface area contributed by atoms with E-state index in [2.05, 4.69) is 11.7 Å². The Kier molecular flexibility index (Phi) is 19.4. The molecule has 6 nitrogen and oxygen atoms in total. The first-order valence-electron chi connectivity index (χ1n) is 13.8. The van der Waals surface area contributed by atoms with E-state index in [-0.39, 0.29) is 12.0 Å². The molecule has 1 saturated heterocycles. The van der Waals surface area contributed by atoms with Gasteiger partial charge in [-0.25, -0.2) is 9.78 Å². The zero-order valence-electron chi connectivity index (χ0n) is 21.6. The van der Waals surface area contributed by atoms with Gasteiger partial charge in [-0.05, 0) is 32.1 Å². The lowest BCUT2D eigenvalue weighted by Gasteiger charge is -2.24. The van der Waals surface area contributed by atoms with Crippen LogP contribution >= 0.6 is 0 Å². The van der Waals surface area contributed by atoms with Gasteiger partial charge in [0.25, 0.3) is 0 Å². The highest BCUT2D eigenvalue weighted by Crippen LogP contribution is 2.20. The molecule has 1 amide bonds. The van der Waals surface area contributed by atoms with E-state index in [9.17, 15) is 9.59 Å². The first-order valence-corrected chi connectivity index (χ1v) is 13.8. The molecule has 0 radical (unpaired) electrons. The first kappa shape index (κ1) is 29.9. The second-order valence-electron chi connectivity index (χ2n) is 9.52. The molecule has 0 saturated carbocycles. The van der Waals surface area contributed by atoms with Crippen molar-refractivity contribution < 1.29 is 24.1 Å². The van der Waals surface area contributed by atoms with Crippen molar-refractivity contribution in [2.75, 3.05) is 26.9 Å². The van der Waals surface area contributed by atoms with Crippen molar-refractivity contribution in [2.24, 2.45) is 0 Å². The topological polar surface area (TPSA) is 65.1 Å². The molecule has 0 aromatic heterocycles. The van der Waals surface area contributed by atoms with Crippen LogP contribution in [0.5, 0.6) is 0 Å². The lowest BCUT2D eigenvalue weighted by atomic mass is 10.0. The Balaban J connectivity index is 1.84. The van der Waals surface area contributed by atoms with Gasteiger partial charge in [-0.1, -0.05) is 84.0 Å². The minimum Gasteiger partial charge on any atom is -0.469 e. The van der Waals surface area contributed by atoms with Gasteiger partial charge in [-0.15, -0.1) is 0 Å². The molecule has 1 unspecified atom stereocenters.